The molecule has 0 aromatic rings. The van der Waals surface area contributed by atoms with Crippen LogP contribution in [0.2, 0.25) is 0 Å². The second-order valence-electron chi connectivity index (χ2n) is 2.33. The molecule has 0 saturated heterocycles. The molecule has 0 aliphatic carbocycles. The third-order valence-corrected chi connectivity index (χ3v) is 1.88. The van der Waals surface area contributed by atoms with Gasteiger partial charge in [0, 0.05) is 24.0 Å². The van der Waals surface area contributed by atoms with E-state index in [1.165, 1.54) is 13.2 Å². The number of hydrogen-bond acceptors (Lipinski definition) is 3. The van der Waals surface area contributed by atoms with Gasteiger partial charge in [0.2, 0.25) is 5.91 Å². The fraction of sp³-hybridized carbons (Fsp3) is 0.667. The Morgan fingerprint density at radius 2 is 2.08 bits per heavy atom. The monoisotopic (exact) mass is 193 g/mol. The molecule has 0 bridgehead atoms. The van der Waals surface area contributed by atoms with Crippen LogP contribution in [0.4, 0.5) is 0 Å². The predicted octanol–water partition coefficient (Wildman–Crippen LogP) is -1.05. The molecule has 1 amide bonds. The molecule has 0 unspecified atom stereocenters. The maximum atomic E-state index is 10.6. The highest BCUT2D eigenvalue weighted by molar-refractivity contribution is 7.84. The van der Waals surface area contributed by atoms with Crippen molar-refractivity contribution in [3.05, 3.63) is 0 Å². The molecule has 2 N–H and O–H groups in total. The van der Waals surface area contributed by atoms with Crippen molar-refractivity contribution in [1.29, 1.82) is 0 Å². The average molecular weight is 193 g/mol. The number of carboxylic acids is 1. The summed E-state index contributed by atoms with van der Waals surface area (Å²) in [5, 5.41) is 10.7. The number of rotatable bonds is 4. The van der Waals surface area contributed by atoms with Crippen LogP contribution in [-0.2, 0) is 20.4 Å². The zero-order chi connectivity index (χ0) is 9.72. The Morgan fingerprint density at radius 1 is 1.58 bits per heavy atom. The maximum absolute atomic E-state index is 10.6. The number of amides is 1. The second-order valence-corrected chi connectivity index (χ2v) is 3.81. The van der Waals surface area contributed by atoms with Crippen molar-refractivity contribution >= 4 is 22.7 Å². The molecule has 0 aromatic heterocycles. The summed E-state index contributed by atoms with van der Waals surface area (Å²) >= 11 is 0. The van der Waals surface area contributed by atoms with Crippen molar-refractivity contribution < 1.29 is 18.9 Å². The molecule has 0 fully saturated rings. The lowest BCUT2D eigenvalue weighted by Gasteiger charge is -2.10. The van der Waals surface area contributed by atoms with E-state index in [9.17, 15) is 13.8 Å². The van der Waals surface area contributed by atoms with Gasteiger partial charge < -0.3 is 10.4 Å². The molecule has 0 spiro atoms. The summed E-state index contributed by atoms with van der Waals surface area (Å²) in [6.45, 7) is 1.22. The topological polar surface area (TPSA) is 83.5 Å². The van der Waals surface area contributed by atoms with E-state index in [0.717, 1.165) is 0 Å². The minimum absolute atomic E-state index is 0.0606. The van der Waals surface area contributed by atoms with Gasteiger partial charge in [0.15, 0.2) is 0 Å². The Balaban J connectivity index is 4.14. The Kier molecular flexibility index (Phi) is 4.50. The van der Waals surface area contributed by atoms with Crippen LogP contribution in [0.15, 0.2) is 0 Å². The molecular formula is C6H11NO4S. The molecule has 0 heterocycles. The van der Waals surface area contributed by atoms with Crippen molar-refractivity contribution in [3.63, 3.8) is 0 Å². The van der Waals surface area contributed by atoms with E-state index < -0.39 is 28.7 Å². The first-order chi connectivity index (χ1) is 5.43. The van der Waals surface area contributed by atoms with Gasteiger partial charge in [-0.15, -0.1) is 0 Å². The SMILES string of the molecule is CC(=O)N[C@@H](C[S@@](C)=O)C(=O)O. The highest BCUT2D eigenvalue weighted by atomic mass is 32.2. The van der Waals surface area contributed by atoms with Crippen molar-refractivity contribution in [2.45, 2.75) is 13.0 Å². The van der Waals surface area contributed by atoms with Gasteiger partial charge in [0.05, 0.1) is 5.75 Å². The minimum atomic E-state index is -1.23. The van der Waals surface area contributed by atoms with E-state index >= 15 is 0 Å². The molecule has 0 rings (SSSR count). The Labute approximate surface area is 72.6 Å². The van der Waals surface area contributed by atoms with Gasteiger partial charge in [-0.05, 0) is 0 Å². The standard InChI is InChI=1S/C6H11NO4S/c1-4(8)7-5(6(9)10)3-12(2)11/h5H,3H2,1-2H3,(H,7,8)(H,9,10)/t5-,12+/m0/s1. The molecule has 0 saturated carbocycles. The molecular weight excluding hydrogens is 182 g/mol. The van der Waals surface area contributed by atoms with E-state index in [0.29, 0.717) is 0 Å². The normalized spacial score (nSPS) is 14.8. The van der Waals surface area contributed by atoms with E-state index in [1.807, 2.05) is 0 Å². The molecule has 2 atom stereocenters. The van der Waals surface area contributed by atoms with Crippen LogP contribution in [0.5, 0.6) is 0 Å². The van der Waals surface area contributed by atoms with E-state index in [4.69, 9.17) is 5.11 Å². The van der Waals surface area contributed by atoms with Gasteiger partial charge in [-0.1, -0.05) is 0 Å². The van der Waals surface area contributed by atoms with Crippen molar-refractivity contribution in [1.82, 2.24) is 5.32 Å². The number of carboxylic acid groups (broad SMARTS) is 1. The van der Waals surface area contributed by atoms with Crippen LogP contribution in [0.1, 0.15) is 6.92 Å². The fourth-order valence-corrected chi connectivity index (χ4v) is 1.35. The van der Waals surface area contributed by atoms with Crippen molar-refractivity contribution in [2.24, 2.45) is 0 Å². The fourth-order valence-electron chi connectivity index (χ4n) is 0.655. The minimum Gasteiger partial charge on any atom is -0.480 e. The highest BCUT2D eigenvalue weighted by Crippen LogP contribution is 1.87. The molecule has 5 nitrogen and oxygen atoms in total. The number of hydrogen-bond donors (Lipinski definition) is 2. The number of nitrogens with one attached hydrogen (secondary N) is 1. The van der Waals surface area contributed by atoms with Crippen LogP contribution >= 0.6 is 0 Å². The lowest BCUT2D eigenvalue weighted by Crippen LogP contribution is -2.43. The van der Waals surface area contributed by atoms with Gasteiger partial charge in [-0.25, -0.2) is 4.79 Å². The molecule has 6 heteroatoms. The third-order valence-electron chi connectivity index (χ3n) is 1.08. The molecule has 70 valence electrons. The van der Waals surface area contributed by atoms with E-state index in [1.54, 1.807) is 0 Å². The first-order valence-electron chi connectivity index (χ1n) is 3.23. The Morgan fingerprint density at radius 3 is 2.33 bits per heavy atom. The summed E-state index contributed by atoms with van der Waals surface area (Å²) in [4.78, 5) is 20.9. The molecule has 0 aliphatic heterocycles. The summed E-state index contributed by atoms with van der Waals surface area (Å²) in [5.41, 5.74) is 0. The van der Waals surface area contributed by atoms with Crippen LogP contribution in [-0.4, -0.2) is 39.2 Å². The molecule has 0 radical (unpaired) electrons. The third kappa shape index (κ3) is 4.84. The maximum Gasteiger partial charge on any atom is 0.327 e. The van der Waals surface area contributed by atoms with Crippen LogP contribution in [0.3, 0.4) is 0 Å². The lowest BCUT2D eigenvalue weighted by molar-refractivity contribution is -0.140. The lowest BCUT2D eigenvalue weighted by atomic mass is 10.3. The molecule has 0 aromatic carbocycles. The van der Waals surface area contributed by atoms with Gasteiger partial charge in [-0.2, -0.15) is 0 Å². The average Bonchev–Trinajstić information content (AvgIpc) is 1.83. The van der Waals surface area contributed by atoms with Gasteiger partial charge >= 0.3 is 5.97 Å². The van der Waals surface area contributed by atoms with Crippen LogP contribution < -0.4 is 5.32 Å². The summed E-state index contributed by atoms with van der Waals surface area (Å²) in [6.07, 6.45) is 1.39. The summed E-state index contributed by atoms with van der Waals surface area (Å²) in [5.74, 6) is -1.66. The smallest absolute Gasteiger partial charge is 0.327 e. The second kappa shape index (κ2) is 4.87. The Hall–Kier alpha value is -0.910. The van der Waals surface area contributed by atoms with Crippen LogP contribution in [0, 0.1) is 0 Å². The summed E-state index contributed by atoms with van der Waals surface area (Å²) in [7, 11) is -1.23. The number of carbonyl (C=O) groups excluding carboxylic acids is 1. The van der Waals surface area contributed by atoms with E-state index in [-0.39, 0.29) is 5.75 Å². The zero-order valence-electron chi connectivity index (χ0n) is 6.86. The first-order valence-corrected chi connectivity index (χ1v) is 4.96. The number of aliphatic carboxylic acids is 1. The Bertz CT molecular complexity index is 200. The van der Waals surface area contributed by atoms with Crippen LogP contribution in [0.25, 0.3) is 0 Å². The molecule has 12 heavy (non-hydrogen) atoms. The largest absolute Gasteiger partial charge is 0.480 e. The quantitative estimate of drug-likeness (QED) is 0.597. The van der Waals surface area contributed by atoms with Gasteiger partial charge in [0.25, 0.3) is 0 Å². The predicted molar refractivity (Wildman–Crippen MR) is 44.2 cm³/mol. The van der Waals surface area contributed by atoms with Gasteiger partial charge in [-0.3, -0.25) is 9.00 Å². The first kappa shape index (κ1) is 11.1. The molecule has 0 aliphatic rings. The van der Waals surface area contributed by atoms with Gasteiger partial charge in [0.1, 0.15) is 6.04 Å². The summed E-state index contributed by atoms with van der Waals surface area (Å²) < 4.78 is 10.6. The van der Waals surface area contributed by atoms with Crippen molar-refractivity contribution in [3.8, 4) is 0 Å². The summed E-state index contributed by atoms with van der Waals surface area (Å²) in [6, 6.07) is -1.05. The zero-order valence-corrected chi connectivity index (χ0v) is 7.68. The van der Waals surface area contributed by atoms with Crippen molar-refractivity contribution in [2.75, 3.05) is 12.0 Å². The number of carbonyl (C=O) groups is 2. The highest BCUT2D eigenvalue weighted by Gasteiger charge is 2.19. The van der Waals surface area contributed by atoms with E-state index in [2.05, 4.69) is 5.32 Å².